The SMILES string of the molecule is CN1C(=O)CCc2cc(C(=O)O)c(Cl)cc21. The fourth-order valence-corrected chi connectivity index (χ4v) is 2.07. The number of aryl methyl sites for hydroxylation is 1. The van der Waals surface area contributed by atoms with Crippen molar-refractivity contribution in [2.75, 3.05) is 11.9 Å². The first-order chi connectivity index (χ1) is 7.50. The van der Waals surface area contributed by atoms with E-state index in [0.717, 1.165) is 5.56 Å². The van der Waals surface area contributed by atoms with Crippen molar-refractivity contribution in [3.8, 4) is 0 Å². The fraction of sp³-hybridized carbons (Fsp3) is 0.273. The Morgan fingerprint density at radius 3 is 2.75 bits per heavy atom. The van der Waals surface area contributed by atoms with Crippen LogP contribution in [0.15, 0.2) is 12.1 Å². The van der Waals surface area contributed by atoms with Crippen LogP contribution < -0.4 is 4.90 Å². The number of carbonyl (C=O) groups is 2. The van der Waals surface area contributed by atoms with Crippen LogP contribution in [0.4, 0.5) is 5.69 Å². The summed E-state index contributed by atoms with van der Waals surface area (Å²) in [4.78, 5) is 23.9. The molecule has 0 saturated carbocycles. The van der Waals surface area contributed by atoms with E-state index >= 15 is 0 Å². The summed E-state index contributed by atoms with van der Waals surface area (Å²) in [7, 11) is 1.66. The maximum atomic E-state index is 11.5. The second-order valence-corrected chi connectivity index (χ2v) is 4.13. The third kappa shape index (κ3) is 1.65. The Morgan fingerprint density at radius 2 is 2.12 bits per heavy atom. The Hall–Kier alpha value is -1.55. The summed E-state index contributed by atoms with van der Waals surface area (Å²) in [5.74, 6) is -1.03. The van der Waals surface area contributed by atoms with Gasteiger partial charge in [-0.3, -0.25) is 4.79 Å². The number of carboxylic acid groups (broad SMARTS) is 1. The third-order valence-corrected chi connectivity index (χ3v) is 3.06. The summed E-state index contributed by atoms with van der Waals surface area (Å²) >= 11 is 5.85. The molecule has 0 aliphatic carbocycles. The van der Waals surface area contributed by atoms with Crippen LogP contribution in [0.1, 0.15) is 22.3 Å². The predicted molar refractivity (Wildman–Crippen MR) is 60.1 cm³/mol. The van der Waals surface area contributed by atoms with Crippen molar-refractivity contribution in [1.29, 1.82) is 0 Å². The van der Waals surface area contributed by atoms with Crippen LogP contribution in [0, 0.1) is 0 Å². The number of amides is 1. The van der Waals surface area contributed by atoms with Crippen LogP contribution in [0.2, 0.25) is 5.02 Å². The van der Waals surface area contributed by atoms with Crippen molar-refractivity contribution in [1.82, 2.24) is 0 Å². The summed E-state index contributed by atoms with van der Waals surface area (Å²) in [6.45, 7) is 0. The Morgan fingerprint density at radius 1 is 1.44 bits per heavy atom. The van der Waals surface area contributed by atoms with E-state index < -0.39 is 5.97 Å². The number of hydrogen-bond acceptors (Lipinski definition) is 2. The van der Waals surface area contributed by atoms with Crippen LogP contribution in [-0.2, 0) is 11.2 Å². The summed E-state index contributed by atoms with van der Waals surface area (Å²) < 4.78 is 0. The highest BCUT2D eigenvalue weighted by Crippen LogP contribution is 2.32. The van der Waals surface area contributed by atoms with E-state index in [1.54, 1.807) is 13.1 Å². The molecule has 0 saturated heterocycles. The smallest absolute Gasteiger partial charge is 0.337 e. The summed E-state index contributed by atoms with van der Waals surface area (Å²) in [5.41, 5.74) is 1.64. The van der Waals surface area contributed by atoms with Crippen LogP contribution >= 0.6 is 11.6 Å². The minimum absolute atomic E-state index is 0.0200. The number of halogens is 1. The average molecular weight is 240 g/mol. The number of fused-ring (bicyclic) bond motifs is 1. The van der Waals surface area contributed by atoms with E-state index in [4.69, 9.17) is 16.7 Å². The van der Waals surface area contributed by atoms with Crippen LogP contribution in [0.25, 0.3) is 0 Å². The molecule has 1 heterocycles. The van der Waals surface area contributed by atoms with Gasteiger partial charge in [0, 0.05) is 19.2 Å². The molecule has 5 heteroatoms. The lowest BCUT2D eigenvalue weighted by Crippen LogP contribution is -2.31. The highest BCUT2D eigenvalue weighted by atomic mass is 35.5. The van der Waals surface area contributed by atoms with Crippen LogP contribution in [0.5, 0.6) is 0 Å². The Labute approximate surface area is 97.4 Å². The summed E-state index contributed by atoms with van der Waals surface area (Å²) in [5, 5.41) is 9.08. The number of aromatic carboxylic acids is 1. The lowest BCUT2D eigenvalue weighted by Gasteiger charge is -2.26. The monoisotopic (exact) mass is 239 g/mol. The van der Waals surface area contributed by atoms with Crippen LogP contribution in [0.3, 0.4) is 0 Å². The summed E-state index contributed by atoms with van der Waals surface area (Å²) in [6.07, 6.45) is 0.972. The number of nitrogens with zero attached hydrogens (tertiary/aromatic N) is 1. The molecule has 1 N–H and O–H groups in total. The van der Waals surface area contributed by atoms with Crippen molar-refractivity contribution in [2.45, 2.75) is 12.8 Å². The molecule has 1 aliphatic rings. The largest absolute Gasteiger partial charge is 0.478 e. The number of carboxylic acids is 1. The highest BCUT2D eigenvalue weighted by Gasteiger charge is 2.23. The molecule has 0 atom stereocenters. The van der Waals surface area contributed by atoms with Gasteiger partial charge < -0.3 is 10.0 Å². The molecular formula is C11H10ClNO3. The molecule has 0 bridgehead atoms. The van der Waals surface area contributed by atoms with E-state index in [1.807, 2.05) is 0 Å². The standard InChI is InChI=1S/C11H10ClNO3/c1-13-9-5-8(12)7(11(15)16)4-6(9)2-3-10(13)14/h4-5H,2-3H2,1H3,(H,15,16). The minimum atomic E-state index is -1.05. The Kier molecular flexibility index (Phi) is 2.59. The minimum Gasteiger partial charge on any atom is -0.478 e. The normalized spacial score (nSPS) is 14.9. The molecule has 0 fully saturated rings. The molecule has 1 aromatic rings. The zero-order valence-electron chi connectivity index (χ0n) is 8.66. The maximum Gasteiger partial charge on any atom is 0.337 e. The van der Waals surface area contributed by atoms with Gasteiger partial charge in [-0.2, -0.15) is 0 Å². The molecule has 84 valence electrons. The molecular weight excluding hydrogens is 230 g/mol. The molecule has 2 rings (SSSR count). The van der Waals surface area contributed by atoms with E-state index in [2.05, 4.69) is 0 Å². The molecule has 0 unspecified atom stereocenters. The number of hydrogen-bond donors (Lipinski definition) is 1. The summed E-state index contributed by atoms with van der Waals surface area (Å²) in [6, 6.07) is 3.08. The Bertz CT molecular complexity index is 484. The van der Waals surface area contributed by atoms with E-state index in [9.17, 15) is 9.59 Å². The van der Waals surface area contributed by atoms with Gasteiger partial charge in [0.05, 0.1) is 10.6 Å². The van der Waals surface area contributed by atoms with Gasteiger partial charge in [-0.1, -0.05) is 11.6 Å². The van der Waals surface area contributed by atoms with Crippen molar-refractivity contribution in [3.63, 3.8) is 0 Å². The first-order valence-electron chi connectivity index (χ1n) is 4.83. The number of benzene rings is 1. The van der Waals surface area contributed by atoms with Crippen molar-refractivity contribution < 1.29 is 14.7 Å². The molecule has 0 radical (unpaired) electrons. The van der Waals surface area contributed by atoms with Crippen molar-refractivity contribution in [3.05, 3.63) is 28.3 Å². The molecule has 1 aliphatic heterocycles. The maximum absolute atomic E-state index is 11.5. The van der Waals surface area contributed by atoms with Gasteiger partial charge in [0.2, 0.25) is 5.91 Å². The first-order valence-corrected chi connectivity index (χ1v) is 5.21. The lowest BCUT2D eigenvalue weighted by atomic mass is 9.99. The van der Waals surface area contributed by atoms with E-state index in [1.165, 1.54) is 11.0 Å². The number of anilines is 1. The van der Waals surface area contributed by atoms with Crippen LogP contribution in [-0.4, -0.2) is 24.0 Å². The number of rotatable bonds is 1. The topological polar surface area (TPSA) is 57.6 Å². The van der Waals surface area contributed by atoms with Gasteiger partial charge in [0.25, 0.3) is 0 Å². The van der Waals surface area contributed by atoms with Gasteiger partial charge in [-0.25, -0.2) is 4.79 Å². The van der Waals surface area contributed by atoms with Gasteiger partial charge >= 0.3 is 5.97 Å². The first kappa shape index (κ1) is 11.0. The van der Waals surface area contributed by atoms with E-state index in [-0.39, 0.29) is 16.5 Å². The van der Waals surface area contributed by atoms with Crippen molar-refractivity contribution >= 4 is 29.2 Å². The predicted octanol–water partition coefficient (Wildman–Crippen LogP) is 1.95. The van der Waals surface area contributed by atoms with Crippen molar-refractivity contribution in [2.24, 2.45) is 0 Å². The Balaban J connectivity index is 2.56. The molecule has 1 amide bonds. The van der Waals surface area contributed by atoms with E-state index in [0.29, 0.717) is 18.5 Å². The van der Waals surface area contributed by atoms with Gasteiger partial charge in [-0.15, -0.1) is 0 Å². The highest BCUT2D eigenvalue weighted by molar-refractivity contribution is 6.34. The average Bonchev–Trinajstić information content (AvgIpc) is 2.23. The molecule has 0 spiro atoms. The quantitative estimate of drug-likeness (QED) is 0.815. The van der Waals surface area contributed by atoms with Gasteiger partial charge in [-0.05, 0) is 24.1 Å². The van der Waals surface area contributed by atoms with Gasteiger partial charge in [0.1, 0.15) is 0 Å². The molecule has 16 heavy (non-hydrogen) atoms. The second-order valence-electron chi connectivity index (χ2n) is 3.72. The third-order valence-electron chi connectivity index (χ3n) is 2.74. The number of carbonyl (C=O) groups excluding carboxylic acids is 1. The second kappa shape index (κ2) is 3.79. The fourth-order valence-electron chi connectivity index (χ4n) is 1.83. The molecule has 4 nitrogen and oxygen atoms in total. The zero-order chi connectivity index (χ0) is 11.9. The zero-order valence-corrected chi connectivity index (χ0v) is 9.41. The molecule has 0 aromatic heterocycles. The molecule has 1 aromatic carbocycles. The van der Waals surface area contributed by atoms with Gasteiger partial charge in [0.15, 0.2) is 0 Å². The lowest BCUT2D eigenvalue weighted by molar-refractivity contribution is -0.118.